The number of nitrogens with zero attached hydrogens (tertiary/aromatic N) is 5. The van der Waals surface area contributed by atoms with Gasteiger partial charge in [0.15, 0.2) is 11.2 Å². The number of hydrogen-bond acceptors (Lipinski definition) is 3. The SMILES string of the molecule is CCC(C)n1c(C)c(C)n2c3c(=O)n(Cc4cc(C)ccc4C)c(=O)n(C)c3nc12. The van der Waals surface area contributed by atoms with Crippen molar-refractivity contribution in [3.05, 3.63) is 67.1 Å². The molecule has 1 aromatic carbocycles. The quantitative estimate of drug-likeness (QED) is 0.521. The number of benzene rings is 1. The zero-order chi connectivity index (χ0) is 21.9. The molecule has 4 rings (SSSR count). The Hall–Kier alpha value is -3.09. The Morgan fingerprint density at radius 1 is 1.07 bits per heavy atom. The van der Waals surface area contributed by atoms with Crippen molar-refractivity contribution in [1.29, 1.82) is 0 Å². The first-order valence-corrected chi connectivity index (χ1v) is 10.4. The Morgan fingerprint density at radius 2 is 1.77 bits per heavy atom. The highest BCUT2D eigenvalue weighted by atomic mass is 16.2. The molecule has 0 aliphatic carbocycles. The van der Waals surface area contributed by atoms with E-state index in [1.807, 2.05) is 43.4 Å². The van der Waals surface area contributed by atoms with Crippen molar-refractivity contribution >= 4 is 16.9 Å². The molecule has 0 radical (unpaired) electrons. The molecule has 0 saturated heterocycles. The molecule has 7 nitrogen and oxygen atoms in total. The number of fused-ring (bicyclic) bond motifs is 3. The first kappa shape index (κ1) is 20.2. The van der Waals surface area contributed by atoms with Gasteiger partial charge in [0.2, 0.25) is 5.78 Å². The highest BCUT2D eigenvalue weighted by Crippen LogP contribution is 2.25. The van der Waals surface area contributed by atoms with Gasteiger partial charge < -0.3 is 4.57 Å². The molecule has 4 aromatic rings. The van der Waals surface area contributed by atoms with E-state index in [0.717, 1.165) is 34.5 Å². The number of imidazole rings is 2. The number of aromatic nitrogens is 5. The molecule has 0 spiro atoms. The van der Waals surface area contributed by atoms with Crippen LogP contribution in [0.2, 0.25) is 0 Å². The third-order valence-corrected chi connectivity index (χ3v) is 6.43. The summed E-state index contributed by atoms with van der Waals surface area (Å²) in [5.74, 6) is 0.714. The summed E-state index contributed by atoms with van der Waals surface area (Å²) < 4.78 is 6.89. The lowest BCUT2D eigenvalue weighted by Gasteiger charge is -2.13. The molecular formula is C23H29N5O2. The molecule has 30 heavy (non-hydrogen) atoms. The molecule has 1 atom stereocenters. The summed E-state index contributed by atoms with van der Waals surface area (Å²) >= 11 is 0. The van der Waals surface area contributed by atoms with Gasteiger partial charge in [-0.2, -0.15) is 4.98 Å². The molecule has 7 heteroatoms. The van der Waals surface area contributed by atoms with E-state index >= 15 is 0 Å². The maximum Gasteiger partial charge on any atom is 0.332 e. The van der Waals surface area contributed by atoms with Crippen molar-refractivity contribution in [1.82, 2.24) is 23.1 Å². The standard InChI is InChI=1S/C23H29N5O2/c1-8-15(4)27-16(5)17(6)28-19-20(24-22(27)28)25(7)23(30)26(21(19)29)12-18-11-13(2)9-10-14(18)3/h9-11,15H,8,12H2,1-7H3. The van der Waals surface area contributed by atoms with E-state index in [4.69, 9.17) is 4.98 Å². The van der Waals surface area contributed by atoms with Crippen LogP contribution < -0.4 is 11.2 Å². The van der Waals surface area contributed by atoms with Gasteiger partial charge in [-0.1, -0.05) is 30.7 Å². The van der Waals surface area contributed by atoms with Crippen LogP contribution in [0.3, 0.4) is 0 Å². The van der Waals surface area contributed by atoms with Crippen LogP contribution in [0.5, 0.6) is 0 Å². The highest BCUT2D eigenvalue weighted by Gasteiger charge is 2.24. The Labute approximate surface area is 175 Å². The molecule has 3 heterocycles. The van der Waals surface area contributed by atoms with Gasteiger partial charge in [-0.15, -0.1) is 0 Å². The maximum atomic E-state index is 13.6. The molecule has 0 aliphatic rings. The maximum absolute atomic E-state index is 13.6. The van der Waals surface area contributed by atoms with Crippen molar-refractivity contribution in [2.45, 2.75) is 60.5 Å². The fraction of sp³-hybridized carbons (Fsp3) is 0.435. The molecule has 0 aliphatic heterocycles. The lowest BCUT2D eigenvalue weighted by atomic mass is 10.1. The zero-order valence-electron chi connectivity index (χ0n) is 18.8. The molecule has 3 aromatic heterocycles. The summed E-state index contributed by atoms with van der Waals surface area (Å²) in [7, 11) is 1.69. The van der Waals surface area contributed by atoms with Gasteiger partial charge in [-0.3, -0.25) is 18.3 Å². The summed E-state index contributed by atoms with van der Waals surface area (Å²) in [6, 6.07) is 6.33. The number of hydrogen-bond donors (Lipinski definition) is 0. The summed E-state index contributed by atoms with van der Waals surface area (Å²) in [5.41, 5.74) is 5.43. The zero-order valence-corrected chi connectivity index (χ0v) is 18.8. The Balaban J connectivity index is 2.08. The van der Waals surface area contributed by atoms with Crippen LogP contribution in [-0.4, -0.2) is 23.1 Å². The van der Waals surface area contributed by atoms with Crippen LogP contribution in [-0.2, 0) is 13.6 Å². The second-order valence-electron chi connectivity index (χ2n) is 8.38. The van der Waals surface area contributed by atoms with Crippen LogP contribution in [0, 0.1) is 27.7 Å². The lowest BCUT2D eigenvalue weighted by molar-refractivity contribution is 0.532. The molecule has 0 N–H and O–H groups in total. The number of aryl methyl sites for hydroxylation is 4. The van der Waals surface area contributed by atoms with Crippen molar-refractivity contribution in [3.8, 4) is 0 Å². The van der Waals surface area contributed by atoms with E-state index in [9.17, 15) is 9.59 Å². The van der Waals surface area contributed by atoms with E-state index in [0.29, 0.717) is 16.9 Å². The second kappa shape index (κ2) is 7.00. The van der Waals surface area contributed by atoms with Gasteiger partial charge in [-0.25, -0.2) is 4.79 Å². The second-order valence-corrected chi connectivity index (χ2v) is 8.38. The van der Waals surface area contributed by atoms with Crippen molar-refractivity contribution in [3.63, 3.8) is 0 Å². The van der Waals surface area contributed by atoms with Crippen LogP contribution in [0.1, 0.15) is 54.4 Å². The molecule has 1 unspecified atom stereocenters. The lowest BCUT2D eigenvalue weighted by Crippen LogP contribution is -2.39. The fourth-order valence-electron chi connectivity index (χ4n) is 4.27. The molecule has 158 valence electrons. The van der Waals surface area contributed by atoms with Crippen LogP contribution >= 0.6 is 0 Å². The number of rotatable bonds is 4. The Bertz CT molecular complexity index is 1410. The van der Waals surface area contributed by atoms with Gasteiger partial charge in [0.1, 0.15) is 0 Å². The first-order chi connectivity index (χ1) is 14.2. The van der Waals surface area contributed by atoms with Gasteiger partial charge in [0.05, 0.1) is 6.54 Å². The topological polar surface area (TPSA) is 66.2 Å². The van der Waals surface area contributed by atoms with E-state index in [1.165, 1.54) is 9.13 Å². The largest absolute Gasteiger partial charge is 0.332 e. The van der Waals surface area contributed by atoms with Gasteiger partial charge in [0.25, 0.3) is 5.56 Å². The predicted octanol–water partition coefficient (Wildman–Crippen LogP) is 3.40. The van der Waals surface area contributed by atoms with E-state index < -0.39 is 0 Å². The van der Waals surface area contributed by atoms with Crippen LogP contribution in [0.4, 0.5) is 0 Å². The van der Waals surface area contributed by atoms with Crippen molar-refractivity contribution < 1.29 is 0 Å². The summed E-state index contributed by atoms with van der Waals surface area (Å²) in [5, 5.41) is 0. The third-order valence-electron chi connectivity index (χ3n) is 6.43. The monoisotopic (exact) mass is 407 g/mol. The first-order valence-electron chi connectivity index (χ1n) is 10.4. The highest BCUT2D eigenvalue weighted by molar-refractivity contribution is 5.76. The van der Waals surface area contributed by atoms with Gasteiger partial charge >= 0.3 is 5.69 Å². The van der Waals surface area contributed by atoms with Gasteiger partial charge in [-0.05, 0) is 52.2 Å². The minimum atomic E-state index is -0.348. The van der Waals surface area contributed by atoms with Crippen molar-refractivity contribution in [2.75, 3.05) is 0 Å². The Morgan fingerprint density at radius 3 is 2.43 bits per heavy atom. The molecular weight excluding hydrogens is 378 g/mol. The molecule has 0 saturated carbocycles. The van der Waals surface area contributed by atoms with E-state index in [2.05, 4.69) is 25.3 Å². The van der Waals surface area contributed by atoms with Gasteiger partial charge in [0, 0.05) is 24.5 Å². The fourth-order valence-corrected chi connectivity index (χ4v) is 4.27. The summed E-state index contributed by atoms with van der Waals surface area (Å²) in [4.78, 5) is 31.4. The van der Waals surface area contributed by atoms with E-state index in [-0.39, 0.29) is 23.8 Å². The van der Waals surface area contributed by atoms with Crippen LogP contribution in [0.15, 0.2) is 27.8 Å². The Kier molecular flexibility index (Phi) is 4.71. The predicted molar refractivity (Wildman–Crippen MR) is 120 cm³/mol. The smallest absolute Gasteiger partial charge is 0.311 e. The summed E-state index contributed by atoms with van der Waals surface area (Å²) in [6.45, 7) is 12.6. The average molecular weight is 408 g/mol. The molecule has 0 bridgehead atoms. The molecule has 0 fully saturated rings. The summed E-state index contributed by atoms with van der Waals surface area (Å²) in [6.07, 6.45) is 0.948. The third kappa shape index (κ3) is 2.75. The normalized spacial score (nSPS) is 12.9. The molecule has 0 amide bonds. The van der Waals surface area contributed by atoms with Crippen LogP contribution in [0.25, 0.3) is 16.9 Å². The van der Waals surface area contributed by atoms with Crippen molar-refractivity contribution in [2.24, 2.45) is 7.05 Å². The average Bonchev–Trinajstić information content (AvgIpc) is 3.21. The minimum absolute atomic E-state index is 0.242. The minimum Gasteiger partial charge on any atom is -0.311 e. The van der Waals surface area contributed by atoms with E-state index in [1.54, 1.807) is 7.05 Å².